The van der Waals surface area contributed by atoms with Crippen molar-refractivity contribution < 1.29 is 18.0 Å². The van der Waals surface area contributed by atoms with E-state index in [2.05, 4.69) is 31.9 Å². The van der Waals surface area contributed by atoms with Crippen LogP contribution in [0, 0.1) is 0 Å². The first-order valence-electron chi connectivity index (χ1n) is 4.71. The Bertz CT molecular complexity index is 427. The van der Waals surface area contributed by atoms with E-state index in [1.165, 1.54) is 19.1 Å². The first-order chi connectivity index (χ1) is 7.77. The van der Waals surface area contributed by atoms with Crippen molar-refractivity contribution in [2.75, 3.05) is 0 Å². The van der Waals surface area contributed by atoms with Crippen molar-refractivity contribution in [3.8, 4) is 0 Å². The molecule has 0 aliphatic carbocycles. The van der Waals surface area contributed by atoms with Gasteiger partial charge in [0.25, 0.3) is 0 Å². The summed E-state index contributed by atoms with van der Waals surface area (Å²) in [6.07, 6.45) is -4.52. The van der Waals surface area contributed by atoms with Gasteiger partial charge in [-0.3, -0.25) is 4.79 Å². The maximum absolute atomic E-state index is 12.7. The molecule has 1 aromatic carbocycles. The molecule has 1 rings (SSSR count). The molecule has 0 aliphatic rings. The molecule has 0 aromatic heterocycles. The molecule has 0 fully saturated rings. The van der Waals surface area contributed by atoms with Crippen LogP contribution < -0.4 is 0 Å². The predicted octanol–water partition coefficient (Wildman–Crippen LogP) is 4.57. The fourth-order valence-corrected chi connectivity index (χ4v) is 1.94. The van der Waals surface area contributed by atoms with Crippen molar-refractivity contribution in [1.82, 2.24) is 0 Å². The Kier molecular flexibility index (Phi) is 4.77. The number of hydrogen-bond acceptors (Lipinski definition) is 1. The van der Waals surface area contributed by atoms with Crippen LogP contribution in [-0.2, 0) is 11.5 Å². The molecule has 94 valence electrons. The van der Waals surface area contributed by atoms with Crippen LogP contribution in [0.2, 0.25) is 0 Å². The second kappa shape index (κ2) is 5.52. The zero-order chi connectivity index (χ0) is 13.2. The lowest BCUT2D eigenvalue weighted by atomic mass is 9.99. The molecule has 0 saturated carbocycles. The average Bonchev–Trinajstić information content (AvgIpc) is 2.25. The Morgan fingerprint density at radius 1 is 1.41 bits per heavy atom. The highest BCUT2D eigenvalue weighted by Crippen LogP contribution is 2.33. The smallest absolute Gasteiger partial charge is 0.293 e. The summed E-state index contributed by atoms with van der Waals surface area (Å²) in [5, 5.41) is 0.405. The van der Waals surface area contributed by atoms with Crippen molar-refractivity contribution in [2.24, 2.45) is 0 Å². The van der Waals surface area contributed by atoms with Crippen molar-refractivity contribution >= 4 is 37.6 Å². The third kappa shape index (κ3) is 3.55. The number of ketones is 1. The fraction of sp³-hybridized carbons (Fsp3) is 0.364. The second-order valence-electron chi connectivity index (χ2n) is 3.49. The summed E-state index contributed by atoms with van der Waals surface area (Å²) < 4.78 is 38.2. The maximum Gasteiger partial charge on any atom is 0.417 e. The van der Waals surface area contributed by atoms with E-state index in [0.29, 0.717) is 10.9 Å². The molecule has 17 heavy (non-hydrogen) atoms. The molecular weight excluding hydrogens is 365 g/mol. The first-order valence-corrected chi connectivity index (χ1v) is 6.75. The van der Waals surface area contributed by atoms with Gasteiger partial charge in [-0.25, -0.2) is 0 Å². The van der Waals surface area contributed by atoms with Gasteiger partial charge >= 0.3 is 6.18 Å². The van der Waals surface area contributed by atoms with Crippen molar-refractivity contribution in [1.29, 1.82) is 0 Å². The molecule has 0 aliphatic heterocycles. The predicted molar refractivity (Wildman–Crippen MR) is 66.8 cm³/mol. The fourth-order valence-electron chi connectivity index (χ4n) is 1.34. The zero-order valence-corrected chi connectivity index (χ0v) is 12.0. The molecule has 0 N–H and O–H groups in total. The number of benzene rings is 1. The molecule has 1 aromatic rings. The van der Waals surface area contributed by atoms with Gasteiger partial charge in [0.1, 0.15) is 0 Å². The summed E-state index contributed by atoms with van der Waals surface area (Å²) in [4.78, 5) is 11.1. The molecule has 6 heteroatoms. The van der Waals surface area contributed by atoms with Crippen LogP contribution in [0.25, 0.3) is 0 Å². The Morgan fingerprint density at radius 3 is 2.41 bits per heavy atom. The number of halogens is 5. The lowest BCUT2D eigenvalue weighted by Crippen LogP contribution is -2.18. The molecule has 1 atom stereocenters. The molecule has 1 nitrogen and oxygen atoms in total. The van der Waals surface area contributed by atoms with Gasteiger partial charge in [0.2, 0.25) is 0 Å². The van der Waals surface area contributed by atoms with Crippen molar-refractivity contribution in [2.45, 2.75) is 23.3 Å². The SMILES string of the molecule is CC(Br)C(=O)c1cc(CBr)ccc1C(F)(F)F. The third-order valence-electron chi connectivity index (χ3n) is 2.17. The van der Waals surface area contributed by atoms with E-state index in [-0.39, 0.29) is 5.56 Å². The van der Waals surface area contributed by atoms with E-state index in [1.54, 1.807) is 0 Å². The number of carbonyl (C=O) groups is 1. The van der Waals surface area contributed by atoms with Gasteiger partial charge in [0.05, 0.1) is 10.4 Å². The maximum atomic E-state index is 12.7. The van der Waals surface area contributed by atoms with Gasteiger partial charge in [0, 0.05) is 10.9 Å². The minimum atomic E-state index is -4.52. The average molecular weight is 374 g/mol. The van der Waals surface area contributed by atoms with Crippen LogP contribution in [-0.4, -0.2) is 10.6 Å². The molecule has 0 saturated heterocycles. The van der Waals surface area contributed by atoms with Gasteiger partial charge in [-0.2, -0.15) is 13.2 Å². The van der Waals surface area contributed by atoms with E-state index >= 15 is 0 Å². The van der Waals surface area contributed by atoms with Gasteiger partial charge in [-0.05, 0) is 24.6 Å². The number of rotatable bonds is 3. The number of alkyl halides is 5. The van der Waals surface area contributed by atoms with Crippen LogP contribution in [0.15, 0.2) is 18.2 Å². The summed E-state index contributed by atoms with van der Waals surface area (Å²) in [6, 6.07) is 3.57. The minimum Gasteiger partial charge on any atom is -0.293 e. The molecule has 0 bridgehead atoms. The Morgan fingerprint density at radius 2 is 2.00 bits per heavy atom. The van der Waals surface area contributed by atoms with Gasteiger partial charge in [-0.15, -0.1) is 0 Å². The summed E-state index contributed by atoms with van der Waals surface area (Å²) >= 11 is 6.14. The van der Waals surface area contributed by atoms with Crippen molar-refractivity contribution in [3.63, 3.8) is 0 Å². The van der Waals surface area contributed by atoms with Crippen LogP contribution in [0.5, 0.6) is 0 Å². The standard InChI is InChI=1S/C11H9Br2F3O/c1-6(13)10(17)8-4-7(5-12)2-3-9(8)11(14,15)16/h2-4,6H,5H2,1H3. The summed E-state index contributed by atoms with van der Waals surface area (Å²) in [6.45, 7) is 1.50. The summed E-state index contributed by atoms with van der Waals surface area (Å²) in [5.41, 5.74) is -0.549. The summed E-state index contributed by atoms with van der Waals surface area (Å²) in [5.74, 6) is -0.569. The summed E-state index contributed by atoms with van der Waals surface area (Å²) in [7, 11) is 0. The molecule has 0 amide bonds. The van der Waals surface area contributed by atoms with E-state index in [4.69, 9.17) is 0 Å². The normalized spacial score (nSPS) is 13.5. The van der Waals surface area contributed by atoms with Gasteiger partial charge in [0.15, 0.2) is 5.78 Å². The lowest BCUT2D eigenvalue weighted by Gasteiger charge is -2.14. The van der Waals surface area contributed by atoms with Crippen LogP contribution in [0.1, 0.15) is 28.4 Å². The highest BCUT2D eigenvalue weighted by molar-refractivity contribution is 9.10. The lowest BCUT2D eigenvalue weighted by molar-refractivity contribution is -0.137. The molecule has 0 heterocycles. The molecule has 0 radical (unpaired) electrons. The van der Waals surface area contributed by atoms with Crippen LogP contribution in [0.4, 0.5) is 13.2 Å². The Labute approximate surface area is 114 Å². The number of carbonyl (C=O) groups excluding carboxylic acids is 1. The highest BCUT2D eigenvalue weighted by atomic mass is 79.9. The largest absolute Gasteiger partial charge is 0.417 e. The second-order valence-corrected chi connectivity index (χ2v) is 5.43. The minimum absolute atomic E-state index is 0.293. The van der Waals surface area contributed by atoms with Gasteiger partial charge in [-0.1, -0.05) is 37.9 Å². The Hall–Kier alpha value is -0.360. The first kappa shape index (κ1) is 14.7. The van der Waals surface area contributed by atoms with Crippen LogP contribution >= 0.6 is 31.9 Å². The number of Topliss-reactive ketones (excluding diaryl/α,β-unsaturated/α-hetero) is 1. The highest BCUT2D eigenvalue weighted by Gasteiger charge is 2.35. The van der Waals surface area contributed by atoms with Crippen molar-refractivity contribution in [3.05, 3.63) is 34.9 Å². The van der Waals surface area contributed by atoms with Crippen LogP contribution in [0.3, 0.4) is 0 Å². The third-order valence-corrected chi connectivity index (χ3v) is 3.23. The molecule has 0 spiro atoms. The topological polar surface area (TPSA) is 17.1 Å². The van der Waals surface area contributed by atoms with Gasteiger partial charge < -0.3 is 0 Å². The van der Waals surface area contributed by atoms with E-state index < -0.39 is 22.4 Å². The van der Waals surface area contributed by atoms with E-state index in [1.807, 2.05) is 0 Å². The zero-order valence-electron chi connectivity index (χ0n) is 8.81. The Balaban J connectivity index is 3.36. The quantitative estimate of drug-likeness (QED) is 0.560. The number of hydrogen-bond donors (Lipinski definition) is 0. The monoisotopic (exact) mass is 372 g/mol. The van der Waals surface area contributed by atoms with E-state index in [9.17, 15) is 18.0 Å². The molecule has 1 unspecified atom stereocenters. The van der Waals surface area contributed by atoms with E-state index in [0.717, 1.165) is 6.07 Å². The molecular formula is C11H9Br2F3O.